The molecule has 0 atom stereocenters. The van der Waals surface area contributed by atoms with E-state index < -0.39 is 0 Å². The number of hydrogen-bond acceptors (Lipinski definition) is 3. The number of amides is 1. The summed E-state index contributed by atoms with van der Waals surface area (Å²) in [7, 11) is 0. The molecule has 3 rings (SSSR count). The van der Waals surface area contributed by atoms with Gasteiger partial charge in [-0.2, -0.15) is 0 Å². The molecule has 4 heteroatoms. The largest absolute Gasteiger partial charge is 0.504 e. The molecule has 4 nitrogen and oxygen atoms in total. The van der Waals surface area contributed by atoms with Crippen LogP contribution in [0.1, 0.15) is 21.5 Å². The zero-order valence-corrected chi connectivity index (χ0v) is 11.1. The second kappa shape index (κ2) is 4.56. The number of phenolic OH excluding ortho intramolecular Hbond substituents is 2. The third-order valence-electron chi connectivity index (χ3n) is 3.60. The third-order valence-corrected chi connectivity index (χ3v) is 3.60. The smallest absolute Gasteiger partial charge is 0.258 e. The first-order valence-corrected chi connectivity index (χ1v) is 6.49. The van der Waals surface area contributed by atoms with Crippen LogP contribution in [0.3, 0.4) is 0 Å². The molecule has 1 aliphatic heterocycles. The van der Waals surface area contributed by atoms with Crippen molar-refractivity contribution >= 4 is 11.6 Å². The summed E-state index contributed by atoms with van der Waals surface area (Å²) in [4.78, 5) is 14.2. The number of benzene rings is 2. The zero-order valence-electron chi connectivity index (χ0n) is 11.1. The van der Waals surface area contributed by atoms with Crippen molar-refractivity contribution in [3.8, 4) is 11.5 Å². The highest BCUT2D eigenvalue weighted by Gasteiger charge is 2.25. The molecule has 0 aliphatic carbocycles. The lowest BCUT2D eigenvalue weighted by Crippen LogP contribution is -2.28. The Morgan fingerprint density at radius 3 is 2.65 bits per heavy atom. The first kappa shape index (κ1) is 12.5. The fraction of sp³-hybridized carbons (Fsp3) is 0.188. The molecule has 0 spiro atoms. The minimum atomic E-state index is -0.279. The number of anilines is 1. The van der Waals surface area contributed by atoms with Crippen LogP contribution in [0, 0.1) is 6.92 Å². The first-order valence-electron chi connectivity index (χ1n) is 6.49. The normalized spacial score (nSPS) is 13.3. The summed E-state index contributed by atoms with van der Waals surface area (Å²) in [6, 6.07) is 10.2. The van der Waals surface area contributed by atoms with Gasteiger partial charge in [0.2, 0.25) is 0 Å². The molecule has 0 fully saturated rings. The molecular formula is C16H15NO3. The van der Waals surface area contributed by atoms with E-state index in [0.717, 1.165) is 12.1 Å². The maximum Gasteiger partial charge on any atom is 0.258 e. The van der Waals surface area contributed by atoms with Crippen LogP contribution in [0.25, 0.3) is 0 Å². The Labute approximate surface area is 116 Å². The highest BCUT2D eigenvalue weighted by molar-refractivity contribution is 6.07. The van der Waals surface area contributed by atoms with Crippen LogP contribution in [-0.4, -0.2) is 22.7 Å². The summed E-state index contributed by atoms with van der Waals surface area (Å²) >= 11 is 0. The monoisotopic (exact) mass is 269 g/mol. The van der Waals surface area contributed by atoms with E-state index in [1.54, 1.807) is 4.90 Å². The molecule has 0 bridgehead atoms. The van der Waals surface area contributed by atoms with E-state index in [2.05, 4.69) is 6.07 Å². The van der Waals surface area contributed by atoms with Crippen LogP contribution in [0.5, 0.6) is 11.5 Å². The summed E-state index contributed by atoms with van der Waals surface area (Å²) in [6.45, 7) is 2.67. The Morgan fingerprint density at radius 2 is 1.90 bits per heavy atom. The number of fused-ring (bicyclic) bond motifs is 1. The van der Waals surface area contributed by atoms with Crippen molar-refractivity contribution in [3.63, 3.8) is 0 Å². The summed E-state index contributed by atoms with van der Waals surface area (Å²) in [5, 5.41) is 18.8. The number of hydrogen-bond donors (Lipinski definition) is 2. The predicted molar refractivity (Wildman–Crippen MR) is 76.3 cm³/mol. The molecule has 0 saturated heterocycles. The van der Waals surface area contributed by atoms with Crippen molar-refractivity contribution in [1.29, 1.82) is 0 Å². The van der Waals surface area contributed by atoms with Crippen LogP contribution < -0.4 is 4.90 Å². The fourth-order valence-electron chi connectivity index (χ4n) is 2.55. The summed E-state index contributed by atoms with van der Waals surface area (Å²) < 4.78 is 0. The average molecular weight is 269 g/mol. The van der Waals surface area contributed by atoms with E-state index in [-0.39, 0.29) is 17.4 Å². The maximum absolute atomic E-state index is 12.5. The predicted octanol–water partition coefficient (Wildman–Crippen LogP) is 2.61. The number of rotatable bonds is 1. The van der Waals surface area contributed by atoms with Crippen molar-refractivity contribution in [2.45, 2.75) is 13.3 Å². The lowest BCUT2D eigenvalue weighted by Gasteiger charge is -2.17. The maximum atomic E-state index is 12.5. The van der Waals surface area contributed by atoms with Gasteiger partial charge in [0.25, 0.3) is 5.91 Å². The molecular weight excluding hydrogens is 254 g/mol. The molecule has 102 valence electrons. The molecule has 2 aromatic rings. The third kappa shape index (κ3) is 1.99. The first-order chi connectivity index (χ1) is 9.56. The standard InChI is InChI=1S/C16H15NO3/c1-10-2-4-13-11(8-10)6-7-17(13)16(20)12-3-5-14(18)15(19)9-12/h2-5,8-9,18-19H,6-7H2,1H3. The molecule has 0 saturated carbocycles. The van der Waals surface area contributed by atoms with Gasteiger partial charge in [0.15, 0.2) is 11.5 Å². The average Bonchev–Trinajstić information content (AvgIpc) is 2.84. The van der Waals surface area contributed by atoms with Crippen molar-refractivity contribution in [1.82, 2.24) is 0 Å². The van der Waals surface area contributed by atoms with Crippen molar-refractivity contribution in [2.75, 3.05) is 11.4 Å². The molecule has 1 aliphatic rings. The Hall–Kier alpha value is -2.49. The van der Waals surface area contributed by atoms with Gasteiger partial charge >= 0.3 is 0 Å². The van der Waals surface area contributed by atoms with Gasteiger partial charge in [0.05, 0.1) is 0 Å². The number of nitrogens with zero attached hydrogens (tertiary/aromatic N) is 1. The summed E-state index contributed by atoms with van der Waals surface area (Å²) in [6.07, 6.45) is 0.840. The Bertz CT molecular complexity index is 694. The van der Waals surface area contributed by atoms with Crippen LogP contribution in [0.4, 0.5) is 5.69 Å². The zero-order chi connectivity index (χ0) is 14.3. The lowest BCUT2D eigenvalue weighted by molar-refractivity contribution is 0.0989. The minimum Gasteiger partial charge on any atom is -0.504 e. The number of aryl methyl sites for hydroxylation is 1. The highest BCUT2D eigenvalue weighted by Crippen LogP contribution is 2.31. The van der Waals surface area contributed by atoms with Crippen molar-refractivity contribution in [2.24, 2.45) is 0 Å². The van der Waals surface area contributed by atoms with Crippen LogP contribution in [0.2, 0.25) is 0 Å². The van der Waals surface area contributed by atoms with Gasteiger partial charge in [-0.15, -0.1) is 0 Å². The molecule has 0 aromatic heterocycles. The Kier molecular flexibility index (Phi) is 2.86. The molecule has 1 amide bonds. The Morgan fingerprint density at radius 1 is 1.10 bits per heavy atom. The molecule has 1 heterocycles. The van der Waals surface area contributed by atoms with Gasteiger partial charge in [-0.3, -0.25) is 4.79 Å². The number of phenols is 2. The van der Waals surface area contributed by atoms with E-state index in [9.17, 15) is 15.0 Å². The van der Waals surface area contributed by atoms with Crippen LogP contribution in [0.15, 0.2) is 36.4 Å². The van der Waals surface area contributed by atoms with E-state index in [1.165, 1.54) is 29.3 Å². The second-order valence-corrected chi connectivity index (χ2v) is 5.04. The summed E-state index contributed by atoms with van der Waals surface area (Å²) in [5.41, 5.74) is 3.64. The van der Waals surface area contributed by atoms with Gasteiger partial charge in [0.1, 0.15) is 0 Å². The van der Waals surface area contributed by atoms with E-state index in [4.69, 9.17) is 0 Å². The van der Waals surface area contributed by atoms with Crippen LogP contribution >= 0.6 is 0 Å². The van der Waals surface area contributed by atoms with Gasteiger partial charge in [-0.25, -0.2) is 0 Å². The van der Waals surface area contributed by atoms with E-state index >= 15 is 0 Å². The van der Waals surface area contributed by atoms with Gasteiger partial charge in [-0.05, 0) is 43.2 Å². The van der Waals surface area contributed by atoms with Gasteiger partial charge in [-0.1, -0.05) is 17.7 Å². The van der Waals surface area contributed by atoms with Crippen molar-refractivity contribution in [3.05, 3.63) is 53.1 Å². The van der Waals surface area contributed by atoms with Crippen LogP contribution in [-0.2, 0) is 6.42 Å². The SMILES string of the molecule is Cc1ccc2c(c1)CCN2C(=O)c1ccc(O)c(O)c1. The highest BCUT2D eigenvalue weighted by atomic mass is 16.3. The summed E-state index contributed by atoms with van der Waals surface area (Å²) in [5.74, 6) is -0.666. The molecule has 0 radical (unpaired) electrons. The number of carbonyl (C=O) groups excluding carboxylic acids is 1. The number of carbonyl (C=O) groups is 1. The van der Waals surface area contributed by atoms with E-state index in [1.807, 2.05) is 19.1 Å². The molecule has 2 aromatic carbocycles. The number of aromatic hydroxyl groups is 2. The topological polar surface area (TPSA) is 60.8 Å². The van der Waals surface area contributed by atoms with Crippen molar-refractivity contribution < 1.29 is 15.0 Å². The molecule has 20 heavy (non-hydrogen) atoms. The molecule has 0 unspecified atom stereocenters. The lowest BCUT2D eigenvalue weighted by atomic mass is 10.1. The van der Waals surface area contributed by atoms with Gasteiger partial charge < -0.3 is 15.1 Å². The Balaban J connectivity index is 1.95. The van der Waals surface area contributed by atoms with Gasteiger partial charge in [0, 0.05) is 17.8 Å². The molecule has 2 N–H and O–H groups in total. The quantitative estimate of drug-likeness (QED) is 0.782. The fourth-order valence-corrected chi connectivity index (χ4v) is 2.55. The van der Waals surface area contributed by atoms with E-state index in [0.29, 0.717) is 12.1 Å². The minimum absolute atomic E-state index is 0.164. The second-order valence-electron chi connectivity index (χ2n) is 5.04.